The van der Waals surface area contributed by atoms with Crippen molar-refractivity contribution in [2.24, 2.45) is 0 Å². The number of nitrogens with one attached hydrogen (secondary N) is 1. The summed E-state index contributed by atoms with van der Waals surface area (Å²) in [5.41, 5.74) is -0.417. The molecule has 0 aliphatic rings. The van der Waals surface area contributed by atoms with Crippen LogP contribution in [0, 0.1) is 0 Å². The molecule has 0 heterocycles. The lowest BCUT2D eigenvalue weighted by Gasteiger charge is -2.24. The van der Waals surface area contributed by atoms with Crippen LogP contribution in [0.15, 0.2) is 0 Å². The summed E-state index contributed by atoms with van der Waals surface area (Å²) >= 11 is 0. The van der Waals surface area contributed by atoms with Gasteiger partial charge in [0.1, 0.15) is 5.60 Å². The van der Waals surface area contributed by atoms with Gasteiger partial charge in [-0.05, 0) is 27.8 Å². The fourth-order valence-corrected chi connectivity index (χ4v) is 2.92. The van der Waals surface area contributed by atoms with Crippen molar-refractivity contribution in [3.63, 3.8) is 0 Å². The van der Waals surface area contributed by atoms with Gasteiger partial charge in [0.25, 0.3) is 0 Å². The van der Waals surface area contributed by atoms with Crippen molar-refractivity contribution in [3.05, 3.63) is 0 Å². The Morgan fingerprint density at radius 2 is 1.88 bits per heavy atom. The Morgan fingerprint density at radius 3 is 2.41 bits per heavy atom. The number of ether oxygens (including phenoxy) is 1. The van der Waals surface area contributed by atoms with E-state index in [1.54, 1.807) is 22.7 Å². The summed E-state index contributed by atoms with van der Waals surface area (Å²) in [4.78, 5) is 13.2. The van der Waals surface area contributed by atoms with Crippen molar-refractivity contribution < 1.29 is 9.53 Å². The van der Waals surface area contributed by atoms with E-state index in [0.717, 1.165) is 18.1 Å². The van der Waals surface area contributed by atoms with Crippen LogP contribution >= 0.6 is 21.6 Å². The zero-order valence-corrected chi connectivity index (χ0v) is 13.0. The summed E-state index contributed by atoms with van der Waals surface area (Å²) in [5.74, 6) is 2.00. The van der Waals surface area contributed by atoms with Crippen LogP contribution in [0.2, 0.25) is 0 Å². The smallest absolute Gasteiger partial charge is 0.410 e. The van der Waals surface area contributed by atoms with Crippen LogP contribution in [0.4, 0.5) is 4.79 Å². The Labute approximate surface area is 113 Å². The Balaban J connectivity index is 3.58. The highest BCUT2D eigenvalue weighted by atomic mass is 33.1. The topological polar surface area (TPSA) is 41.6 Å². The van der Waals surface area contributed by atoms with Crippen LogP contribution < -0.4 is 5.32 Å². The lowest BCUT2D eigenvalue weighted by Crippen LogP contribution is -2.35. The molecule has 0 aromatic heterocycles. The van der Waals surface area contributed by atoms with E-state index in [4.69, 9.17) is 4.74 Å². The third-order valence-electron chi connectivity index (χ3n) is 1.73. The van der Waals surface area contributed by atoms with Gasteiger partial charge in [-0.3, -0.25) is 0 Å². The molecule has 0 saturated carbocycles. The SMILES string of the molecule is CNCCSSCCN(C)C(=O)OC(C)(C)C. The van der Waals surface area contributed by atoms with E-state index in [-0.39, 0.29) is 6.09 Å². The number of carbonyl (C=O) groups excluding carboxylic acids is 1. The summed E-state index contributed by atoms with van der Waals surface area (Å²) in [5, 5.41) is 3.09. The molecular formula is C11H24N2O2S2. The number of hydrogen-bond acceptors (Lipinski definition) is 5. The molecule has 4 nitrogen and oxygen atoms in total. The van der Waals surface area contributed by atoms with E-state index < -0.39 is 5.60 Å². The minimum Gasteiger partial charge on any atom is -0.444 e. The van der Waals surface area contributed by atoms with Crippen molar-refractivity contribution in [2.75, 3.05) is 38.7 Å². The molecule has 1 amide bonds. The molecule has 0 fully saturated rings. The second-order valence-electron chi connectivity index (χ2n) is 4.65. The average Bonchev–Trinajstić information content (AvgIpc) is 2.20. The van der Waals surface area contributed by atoms with Gasteiger partial charge in [0, 0.05) is 31.6 Å². The first-order chi connectivity index (χ1) is 7.87. The lowest BCUT2D eigenvalue weighted by molar-refractivity contribution is 0.0309. The van der Waals surface area contributed by atoms with E-state index in [2.05, 4.69) is 5.32 Å². The van der Waals surface area contributed by atoms with Gasteiger partial charge in [-0.25, -0.2) is 4.79 Å². The highest BCUT2D eigenvalue weighted by Gasteiger charge is 2.18. The van der Waals surface area contributed by atoms with Crippen LogP contribution in [0.5, 0.6) is 0 Å². The van der Waals surface area contributed by atoms with Crippen LogP contribution in [-0.2, 0) is 4.74 Å². The van der Waals surface area contributed by atoms with Gasteiger partial charge >= 0.3 is 6.09 Å². The first-order valence-electron chi connectivity index (χ1n) is 5.70. The molecule has 0 unspecified atom stereocenters. The van der Waals surface area contributed by atoms with Gasteiger partial charge in [0.05, 0.1) is 0 Å². The molecule has 0 radical (unpaired) electrons. The monoisotopic (exact) mass is 280 g/mol. The van der Waals surface area contributed by atoms with Crippen LogP contribution in [0.3, 0.4) is 0 Å². The fourth-order valence-electron chi connectivity index (χ4n) is 0.867. The van der Waals surface area contributed by atoms with Gasteiger partial charge in [0.2, 0.25) is 0 Å². The zero-order chi connectivity index (χ0) is 13.3. The first kappa shape index (κ1) is 16.9. The Morgan fingerprint density at radius 1 is 1.29 bits per heavy atom. The van der Waals surface area contributed by atoms with Crippen LogP contribution in [0.1, 0.15) is 20.8 Å². The second-order valence-corrected chi connectivity index (χ2v) is 7.35. The molecule has 0 aliphatic heterocycles. The van der Waals surface area contributed by atoms with E-state index in [1.165, 1.54) is 0 Å². The van der Waals surface area contributed by atoms with Crippen molar-refractivity contribution in [2.45, 2.75) is 26.4 Å². The van der Waals surface area contributed by atoms with E-state index >= 15 is 0 Å². The minimum absolute atomic E-state index is 0.252. The highest BCUT2D eigenvalue weighted by molar-refractivity contribution is 8.76. The largest absolute Gasteiger partial charge is 0.444 e. The van der Waals surface area contributed by atoms with E-state index in [9.17, 15) is 4.79 Å². The molecule has 0 aromatic carbocycles. The summed E-state index contributed by atoms with van der Waals surface area (Å²) in [6.07, 6.45) is -0.252. The summed E-state index contributed by atoms with van der Waals surface area (Å²) < 4.78 is 5.26. The molecule has 17 heavy (non-hydrogen) atoms. The van der Waals surface area contributed by atoms with E-state index in [1.807, 2.05) is 38.6 Å². The van der Waals surface area contributed by atoms with Crippen LogP contribution in [-0.4, -0.2) is 55.3 Å². The summed E-state index contributed by atoms with van der Waals surface area (Å²) in [7, 11) is 7.32. The predicted octanol–water partition coefficient (Wildman–Crippen LogP) is 2.45. The van der Waals surface area contributed by atoms with Crippen LogP contribution in [0.25, 0.3) is 0 Å². The molecule has 1 N–H and O–H groups in total. The molecule has 6 heteroatoms. The number of hydrogen-bond donors (Lipinski definition) is 1. The maximum absolute atomic E-state index is 11.6. The number of rotatable bonds is 7. The first-order valence-corrected chi connectivity index (χ1v) is 8.19. The third kappa shape index (κ3) is 10.8. The maximum atomic E-state index is 11.6. The van der Waals surface area contributed by atoms with Crippen molar-refractivity contribution in [1.82, 2.24) is 10.2 Å². The number of carbonyl (C=O) groups is 1. The molecule has 0 bridgehead atoms. The molecular weight excluding hydrogens is 256 g/mol. The second kappa shape index (κ2) is 8.94. The quantitative estimate of drug-likeness (QED) is 0.573. The molecule has 102 valence electrons. The number of nitrogens with zero attached hydrogens (tertiary/aromatic N) is 1. The summed E-state index contributed by atoms with van der Waals surface area (Å²) in [6.45, 7) is 7.36. The molecule has 0 rings (SSSR count). The Bertz CT molecular complexity index is 220. The fraction of sp³-hybridized carbons (Fsp3) is 0.909. The molecule has 0 aliphatic carbocycles. The van der Waals surface area contributed by atoms with Gasteiger partial charge in [-0.15, -0.1) is 0 Å². The molecule has 0 aromatic rings. The zero-order valence-electron chi connectivity index (χ0n) is 11.4. The molecule has 0 saturated heterocycles. The molecule has 0 atom stereocenters. The van der Waals surface area contributed by atoms with Gasteiger partial charge < -0.3 is 15.0 Å². The van der Waals surface area contributed by atoms with Crippen molar-refractivity contribution >= 4 is 27.7 Å². The maximum Gasteiger partial charge on any atom is 0.410 e. The molecule has 0 spiro atoms. The number of amides is 1. The van der Waals surface area contributed by atoms with Crippen molar-refractivity contribution in [1.29, 1.82) is 0 Å². The normalized spacial score (nSPS) is 11.4. The highest BCUT2D eigenvalue weighted by Crippen LogP contribution is 2.20. The Hall–Kier alpha value is -0.0700. The van der Waals surface area contributed by atoms with Gasteiger partial charge in [-0.2, -0.15) is 0 Å². The van der Waals surface area contributed by atoms with E-state index in [0.29, 0.717) is 6.54 Å². The average molecular weight is 280 g/mol. The third-order valence-corrected chi connectivity index (χ3v) is 4.12. The Kier molecular flexibility index (Phi) is 8.90. The summed E-state index contributed by atoms with van der Waals surface area (Å²) in [6, 6.07) is 0. The standard InChI is InChI=1S/C11H24N2O2S2/c1-11(2,3)15-10(14)13(5)7-9-17-16-8-6-12-4/h12H,6-9H2,1-5H3. The van der Waals surface area contributed by atoms with Gasteiger partial charge in [0.15, 0.2) is 0 Å². The van der Waals surface area contributed by atoms with Crippen molar-refractivity contribution in [3.8, 4) is 0 Å². The minimum atomic E-state index is -0.417. The van der Waals surface area contributed by atoms with Gasteiger partial charge in [-0.1, -0.05) is 21.6 Å². The predicted molar refractivity (Wildman–Crippen MR) is 77.7 cm³/mol. The lowest BCUT2D eigenvalue weighted by atomic mass is 10.2.